The van der Waals surface area contributed by atoms with E-state index in [1.807, 2.05) is 17.5 Å². The Morgan fingerprint density at radius 1 is 1.54 bits per heavy atom. The van der Waals surface area contributed by atoms with Gasteiger partial charge in [-0.2, -0.15) is 0 Å². The number of hydrogen-bond acceptors (Lipinski definition) is 7. The number of hydrogen-bond donors (Lipinski definition) is 0. The van der Waals surface area contributed by atoms with E-state index >= 15 is 0 Å². The van der Waals surface area contributed by atoms with E-state index < -0.39 is 0 Å². The zero-order chi connectivity index (χ0) is 16.8. The molecule has 24 heavy (non-hydrogen) atoms. The fourth-order valence-corrected chi connectivity index (χ4v) is 3.44. The van der Waals surface area contributed by atoms with Gasteiger partial charge < -0.3 is 13.9 Å². The first-order valence-electron chi connectivity index (χ1n) is 8.13. The number of thiophene rings is 1. The molecule has 0 spiro atoms. The van der Waals surface area contributed by atoms with Crippen LogP contribution < -0.4 is 0 Å². The highest BCUT2D eigenvalue weighted by atomic mass is 32.1. The Balaban J connectivity index is 1.62. The lowest BCUT2D eigenvalue weighted by Gasteiger charge is -2.23. The second-order valence-corrected chi connectivity index (χ2v) is 6.77. The molecule has 0 aromatic carbocycles. The van der Waals surface area contributed by atoms with Crippen LogP contribution >= 0.6 is 11.3 Å². The summed E-state index contributed by atoms with van der Waals surface area (Å²) in [7, 11) is 1.41. The summed E-state index contributed by atoms with van der Waals surface area (Å²) in [5, 5.41) is 2.00. The third-order valence-electron chi connectivity index (χ3n) is 4.01. The standard InChI is InChI=1S/C17H22N2O4S/c1-21-16(20)6-7-19(11-14-4-2-8-22-14)10-13-12-23-17(18-13)15-5-3-9-24-15/h3,5,9,12,14H,2,4,6-8,10-11H2,1H3. The summed E-state index contributed by atoms with van der Waals surface area (Å²) in [6, 6.07) is 3.96. The van der Waals surface area contributed by atoms with Crippen LogP contribution in [0.3, 0.4) is 0 Å². The molecule has 0 amide bonds. The van der Waals surface area contributed by atoms with Gasteiger partial charge in [0, 0.05) is 26.2 Å². The van der Waals surface area contributed by atoms with Crippen molar-refractivity contribution in [3.63, 3.8) is 0 Å². The van der Waals surface area contributed by atoms with E-state index in [9.17, 15) is 4.79 Å². The topological polar surface area (TPSA) is 64.8 Å². The molecule has 0 radical (unpaired) electrons. The largest absolute Gasteiger partial charge is 0.469 e. The third kappa shape index (κ3) is 4.66. The van der Waals surface area contributed by atoms with Crippen LogP contribution in [0.4, 0.5) is 0 Å². The molecule has 3 rings (SSSR count). The molecular weight excluding hydrogens is 328 g/mol. The van der Waals surface area contributed by atoms with Crippen molar-refractivity contribution in [3.8, 4) is 10.8 Å². The number of ether oxygens (including phenoxy) is 2. The summed E-state index contributed by atoms with van der Waals surface area (Å²) in [5.74, 6) is 0.441. The smallest absolute Gasteiger partial charge is 0.306 e. The van der Waals surface area contributed by atoms with E-state index in [-0.39, 0.29) is 12.1 Å². The minimum Gasteiger partial charge on any atom is -0.469 e. The summed E-state index contributed by atoms with van der Waals surface area (Å²) in [4.78, 5) is 19.2. The zero-order valence-corrected chi connectivity index (χ0v) is 14.6. The molecule has 0 saturated carbocycles. The molecule has 1 unspecified atom stereocenters. The van der Waals surface area contributed by atoms with Crippen molar-refractivity contribution in [2.75, 3.05) is 26.8 Å². The van der Waals surface area contributed by atoms with Crippen molar-refractivity contribution in [1.82, 2.24) is 9.88 Å². The Kier molecular flexibility index (Phi) is 6.01. The van der Waals surface area contributed by atoms with Crippen LogP contribution in [-0.4, -0.2) is 48.8 Å². The van der Waals surface area contributed by atoms with Crippen molar-refractivity contribution < 1.29 is 18.7 Å². The van der Waals surface area contributed by atoms with Crippen molar-refractivity contribution in [2.45, 2.75) is 31.9 Å². The van der Waals surface area contributed by atoms with Gasteiger partial charge in [-0.25, -0.2) is 4.98 Å². The minimum atomic E-state index is -0.202. The van der Waals surface area contributed by atoms with Crippen LogP contribution in [0.5, 0.6) is 0 Å². The van der Waals surface area contributed by atoms with Gasteiger partial charge in [0.1, 0.15) is 6.26 Å². The first kappa shape index (κ1) is 17.1. The van der Waals surface area contributed by atoms with Gasteiger partial charge in [-0.1, -0.05) is 6.07 Å². The van der Waals surface area contributed by atoms with Crippen LogP contribution in [0.1, 0.15) is 25.0 Å². The molecule has 130 valence electrons. The van der Waals surface area contributed by atoms with Gasteiger partial charge in [-0.3, -0.25) is 9.69 Å². The number of carbonyl (C=O) groups excluding carboxylic acids is 1. The van der Waals surface area contributed by atoms with Crippen molar-refractivity contribution >= 4 is 17.3 Å². The van der Waals surface area contributed by atoms with Crippen molar-refractivity contribution in [1.29, 1.82) is 0 Å². The molecule has 2 aromatic rings. The second kappa shape index (κ2) is 8.41. The first-order valence-corrected chi connectivity index (χ1v) is 9.01. The summed E-state index contributed by atoms with van der Waals surface area (Å²) in [5.41, 5.74) is 0.862. The monoisotopic (exact) mass is 350 g/mol. The molecule has 1 aliphatic rings. The van der Waals surface area contributed by atoms with Crippen LogP contribution in [0.25, 0.3) is 10.8 Å². The number of oxazole rings is 1. The molecule has 1 atom stereocenters. The highest BCUT2D eigenvalue weighted by Crippen LogP contribution is 2.24. The number of methoxy groups -OCH3 is 1. The predicted molar refractivity (Wildman–Crippen MR) is 90.7 cm³/mol. The number of nitrogens with zero attached hydrogens (tertiary/aromatic N) is 2. The molecule has 6 nitrogen and oxygen atoms in total. The third-order valence-corrected chi connectivity index (χ3v) is 4.87. The molecule has 2 aromatic heterocycles. The van der Waals surface area contributed by atoms with E-state index in [4.69, 9.17) is 13.9 Å². The fourth-order valence-electron chi connectivity index (χ4n) is 2.78. The molecule has 1 fully saturated rings. The normalized spacial score (nSPS) is 17.5. The minimum absolute atomic E-state index is 0.202. The molecular formula is C17H22N2O4S. The van der Waals surface area contributed by atoms with Crippen LogP contribution in [-0.2, 0) is 20.8 Å². The number of esters is 1. The molecule has 7 heteroatoms. The SMILES string of the molecule is COC(=O)CCN(Cc1coc(-c2cccs2)n1)CC1CCCO1. The molecule has 3 heterocycles. The Morgan fingerprint density at radius 3 is 3.17 bits per heavy atom. The zero-order valence-electron chi connectivity index (χ0n) is 13.8. The highest BCUT2D eigenvalue weighted by Gasteiger charge is 2.21. The summed E-state index contributed by atoms with van der Waals surface area (Å²) < 4.78 is 16.0. The van der Waals surface area contributed by atoms with Gasteiger partial charge in [0.15, 0.2) is 0 Å². The molecule has 1 saturated heterocycles. The van der Waals surface area contributed by atoms with E-state index in [1.54, 1.807) is 17.6 Å². The second-order valence-electron chi connectivity index (χ2n) is 5.82. The number of rotatable bonds is 8. The lowest BCUT2D eigenvalue weighted by Crippen LogP contribution is -2.33. The average molecular weight is 350 g/mol. The molecule has 1 aliphatic heterocycles. The van der Waals surface area contributed by atoms with Crippen molar-refractivity contribution in [2.24, 2.45) is 0 Å². The number of carbonyl (C=O) groups is 1. The van der Waals surface area contributed by atoms with Gasteiger partial charge in [0.05, 0.1) is 30.2 Å². The van der Waals surface area contributed by atoms with Gasteiger partial charge in [0.25, 0.3) is 0 Å². The van der Waals surface area contributed by atoms with Crippen LogP contribution in [0, 0.1) is 0 Å². The Hall–Kier alpha value is -1.70. The Labute approximate surface area is 145 Å². The van der Waals surface area contributed by atoms with E-state index in [1.165, 1.54) is 7.11 Å². The summed E-state index contributed by atoms with van der Waals surface area (Å²) >= 11 is 1.60. The summed E-state index contributed by atoms with van der Waals surface area (Å²) in [6.45, 7) is 2.86. The van der Waals surface area contributed by atoms with Crippen LogP contribution in [0.2, 0.25) is 0 Å². The van der Waals surface area contributed by atoms with Gasteiger partial charge in [-0.05, 0) is 24.3 Å². The maximum absolute atomic E-state index is 11.5. The van der Waals surface area contributed by atoms with Gasteiger partial charge in [0.2, 0.25) is 5.89 Å². The maximum atomic E-state index is 11.5. The average Bonchev–Trinajstić information content (AvgIpc) is 3.33. The predicted octanol–water partition coefficient (Wildman–Crippen LogP) is 2.95. The van der Waals surface area contributed by atoms with E-state index in [0.717, 1.165) is 36.6 Å². The van der Waals surface area contributed by atoms with Crippen LogP contribution in [0.15, 0.2) is 28.2 Å². The quantitative estimate of drug-likeness (QED) is 0.682. The fraction of sp³-hybridized carbons (Fsp3) is 0.529. The number of aromatic nitrogens is 1. The van der Waals surface area contributed by atoms with Gasteiger partial charge >= 0.3 is 5.97 Å². The first-order chi connectivity index (χ1) is 11.7. The molecule has 0 N–H and O–H groups in total. The summed E-state index contributed by atoms with van der Waals surface area (Å²) in [6.07, 6.45) is 4.44. The van der Waals surface area contributed by atoms with E-state index in [0.29, 0.717) is 25.4 Å². The van der Waals surface area contributed by atoms with Gasteiger partial charge in [-0.15, -0.1) is 11.3 Å². The van der Waals surface area contributed by atoms with E-state index in [2.05, 4.69) is 9.88 Å². The lowest BCUT2D eigenvalue weighted by molar-refractivity contribution is -0.141. The molecule has 0 aliphatic carbocycles. The maximum Gasteiger partial charge on any atom is 0.306 e. The Bertz CT molecular complexity index is 635. The molecule has 0 bridgehead atoms. The lowest BCUT2D eigenvalue weighted by atomic mass is 10.2. The highest BCUT2D eigenvalue weighted by molar-refractivity contribution is 7.13. The van der Waals surface area contributed by atoms with Crippen molar-refractivity contribution in [3.05, 3.63) is 29.5 Å². The Morgan fingerprint density at radius 2 is 2.46 bits per heavy atom.